The van der Waals surface area contributed by atoms with Gasteiger partial charge in [0.2, 0.25) is 0 Å². The number of nitrogens with zero attached hydrogens (tertiary/aromatic N) is 1. The van der Waals surface area contributed by atoms with Crippen LogP contribution < -0.4 is 5.90 Å². The Morgan fingerprint density at radius 3 is 2.63 bits per heavy atom. The highest BCUT2D eigenvalue weighted by Gasteiger charge is 2.24. The van der Waals surface area contributed by atoms with Crippen LogP contribution in [0.4, 0.5) is 4.39 Å². The maximum absolute atomic E-state index is 14.3. The van der Waals surface area contributed by atoms with Crippen LogP contribution in [0, 0.1) is 13.8 Å². The van der Waals surface area contributed by atoms with Crippen molar-refractivity contribution in [2.24, 2.45) is 5.90 Å². The van der Waals surface area contributed by atoms with Gasteiger partial charge < -0.3 is 9.74 Å². The molecule has 142 valence electrons. The fourth-order valence-electron chi connectivity index (χ4n) is 3.31. The number of amides is 1. The first kappa shape index (κ1) is 19.0. The third-order valence-corrected chi connectivity index (χ3v) is 5.12. The molecule has 0 spiro atoms. The number of fused-ring (bicyclic) bond motifs is 1. The SMILES string of the molecule is Cc1ccc(C(=O)N2CCc3ccc(C(F)CC(=O)ON)cc3C2)cc1C. The summed E-state index contributed by atoms with van der Waals surface area (Å²) in [5, 5.41) is 0. The Hall–Kier alpha value is -2.73. The van der Waals surface area contributed by atoms with E-state index in [1.54, 1.807) is 17.0 Å². The number of aryl methyl sites for hydroxylation is 2. The van der Waals surface area contributed by atoms with Gasteiger partial charge in [0.25, 0.3) is 5.91 Å². The molecule has 3 rings (SSSR count). The number of carbonyl (C=O) groups excluding carboxylic acids is 2. The summed E-state index contributed by atoms with van der Waals surface area (Å²) in [5.41, 5.74) is 5.26. The summed E-state index contributed by atoms with van der Waals surface area (Å²) in [5.74, 6) is 3.95. The molecule has 6 heteroatoms. The van der Waals surface area contributed by atoms with E-state index in [2.05, 4.69) is 4.84 Å². The lowest BCUT2D eigenvalue weighted by Gasteiger charge is -2.29. The van der Waals surface area contributed by atoms with Crippen LogP contribution in [0.5, 0.6) is 0 Å². The lowest BCUT2D eigenvalue weighted by molar-refractivity contribution is -0.145. The van der Waals surface area contributed by atoms with E-state index < -0.39 is 18.6 Å². The highest BCUT2D eigenvalue weighted by molar-refractivity contribution is 5.94. The standard InChI is InChI=1S/C21H23FN2O3/c1-13-3-4-17(9-14(13)2)21(26)24-8-7-15-5-6-16(10-18(15)12-24)19(22)11-20(25)27-23/h3-6,9-10,19H,7-8,11-12,23H2,1-2H3. The van der Waals surface area contributed by atoms with E-state index in [0.29, 0.717) is 30.6 Å². The predicted octanol–water partition coefficient (Wildman–Crippen LogP) is 3.32. The Bertz CT molecular complexity index is 882. The van der Waals surface area contributed by atoms with Crippen molar-refractivity contribution in [1.29, 1.82) is 0 Å². The number of carbonyl (C=O) groups is 2. The van der Waals surface area contributed by atoms with Crippen molar-refractivity contribution in [3.8, 4) is 0 Å². The largest absolute Gasteiger partial charge is 0.373 e. The van der Waals surface area contributed by atoms with E-state index in [4.69, 9.17) is 5.90 Å². The number of hydrogen-bond acceptors (Lipinski definition) is 4. The number of alkyl halides is 1. The first-order valence-electron chi connectivity index (χ1n) is 8.91. The Labute approximate surface area is 157 Å². The zero-order chi connectivity index (χ0) is 19.6. The van der Waals surface area contributed by atoms with Gasteiger partial charge in [0.15, 0.2) is 0 Å². The molecule has 1 aliphatic heterocycles. The maximum Gasteiger partial charge on any atom is 0.327 e. The Balaban J connectivity index is 1.78. The summed E-state index contributed by atoms with van der Waals surface area (Å²) >= 11 is 0. The Kier molecular flexibility index (Phi) is 5.56. The topological polar surface area (TPSA) is 72.6 Å². The van der Waals surface area contributed by atoms with E-state index in [9.17, 15) is 14.0 Å². The molecule has 0 aliphatic carbocycles. The summed E-state index contributed by atoms with van der Waals surface area (Å²) in [7, 11) is 0. The predicted molar refractivity (Wildman–Crippen MR) is 99.5 cm³/mol. The smallest absolute Gasteiger partial charge is 0.327 e. The van der Waals surface area contributed by atoms with Gasteiger partial charge in [-0.1, -0.05) is 24.3 Å². The number of benzene rings is 2. The molecule has 2 aromatic rings. The molecule has 0 aromatic heterocycles. The molecule has 1 aliphatic rings. The van der Waals surface area contributed by atoms with Crippen molar-refractivity contribution in [3.05, 3.63) is 69.8 Å². The third-order valence-electron chi connectivity index (χ3n) is 5.12. The van der Waals surface area contributed by atoms with Gasteiger partial charge in [-0.05, 0) is 60.2 Å². The second-order valence-corrected chi connectivity index (χ2v) is 6.97. The molecule has 0 fully saturated rings. The van der Waals surface area contributed by atoms with E-state index in [1.165, 1.54) is 0 Å². The van der Waals surface area contributed by atoms with E-state index in [-0.39, 0.29) is 5.91 Å². The summed E-state index contributed by atoms with van der Waals surface area (Å²) in [6.45, 7) is 5.04. The Morgan fingerprint density at radius 1 is 1.15 bits per heavy atom. The molecule has 5 nitrogen and oxygen atoms in total. The summed E-state index contributed by atoms with van der Waals surface area (Å²) < 4.78 is 14.3. The third kappa shape index (κ3) is 4.17. The molecule has 0 radical (unpaired) electrons. The van der Waals surface area contributed by atoms with Crippen molar-refractivity contribution in [3.63, 3.8) is 0 Å². The average molecular weight is 370 g/mol. The van der Waals surface area contributed by atoms with Gasteiger partial charge in [-0.25, -0.2) is 4.39 Å². The van der Waals surface area contributed by atoms with Gasteiger partial charge in [-0.15, -0.1) is 0 Å². The van der Waals surface area contributed by atoms with Crippen molar-refractivity contribution in [2.45, 2.75) is 39.4 Å². The first-order chi connectivity index (χ1) is 12.9. The molecule has 0 saturated heterocycles. The zero-order valence-corrected chi connectivity index (χ0v) is 15.5. The van der Waals surface area contributed by atoms with E-state index in [0.717, 1.165) is 22.3 Å². The van der Waals surface area contributed by atoms with Crippen molar-refractivity contribution < 1.29 is 18.8 Å². The van der Waals surface area contributed by atoms with Crippen LogP contribution in [0.25, 0.3) is 0 Å². The minimum atomic E-state index is -1.49. The average Bonchev–Trinajstić information content (AvgIpc) is 2.68. The van der Waals surface area contributed by atoms with Crippen molar-refractivity contribution >= 4 is 11.9 Å². The maximum atomic E-state index is 14.3. The zero-order valence-electron chi connectivity index (χ0n) is 15.5. The van der Waals surface area contributed by atoms with Gasteiger partial charge in [0.1, 0.15) is 6.17 Å². The fraction of sp³-hybridized carbons (Fsp3) is 0.333. The number of hydrogen-bond donors (Lipinski definition) is 1. The van der Waals surface area contributed by atoms with Crippen LogP contribution in [-0.2, 0) is 22.6 Å². The molecule has 1 atom stereocenters. The van der Waals surface area contributed by atoms with Gasteiger partial charge in [-0.2, -0.15) is 5.90 Å². The molecular formula is C21H23FN2O3. The second-order valence-electron chi connectivity index (χ2n) is 6.97. The highest BCUT2D eigenvalue weighted by Crippen LogP contribution is 2.28. The fourth-order valence-corrected chi connectivity index (χ4v) is 3.31. The van der Waals surface area contributed by atoms with E-state index in [1.807, 2.05) is 38.1 Å². The van der Waals surface area contributed by atoms with Gasteiger partial charge in [0.05, 0.1) is 6.42 Å². The van der Waals surface area contributed by atoms with Gasteiger partial charge in [-0.3, -0.25) is 9.59 Å². The quantitative estimate of drug-likeness (QED) is 0.838. The molecular weight excluding hydrogens is 347 g/mol. The summed E-state index contributed by atoms with van der Waals surface area (Å²) in [6, 6.07) is 11.0. The molecule has 0 bridgehead atoms. The lowest BCUT2D eigenvalue weighted by Crippen LogP contribution is -2.36. The first-order valence-corrected chi connectivity index (χ1v) is 8.91. The molecule has 1 amide bonds. The molecule has 1 heterocycles. The summed E-state index contributed by atoms with van der Waals surface area (Å²) in [6.07, 6.45) is -1.20. The normalized spacial score (nSPS) is 14.4. The van der Waals surface area contributed by atoms with Gasteiger partial charge >= 0.3 is 5.97 Å². The van der Waals surface area contributed by atoms with Crippen LogP contribution in [0.1, 0.15) is 50.8 Å². The number of nitrogens with two attached hydrogens (primary N) is 1. The minimum Gasteiger partial charge on any atom is -0.373 e. The van der Waals surface area contributed by atoms with Crippen LogP contribution in [0.15, 0.2) is 36.4 Å². The Morgan fingerprint density at radius 2 is 1.93 bits per heavy atom. The number of rotatable bonds is 4. The summed E-state index contributed by atoms with van der Waals surface area (Å²) in [4.78, 5) is 29.9. The van der Waals surface area contributed by atoms with Crippen LogP contribution in [0.3, 0.4) is 0 Å². The molecule has 0 saturated carbocycles. The molecule has 2 aromatic carbocycles. The van der Waals surface area contributed by atoms with Crippen LogP contribution >= 0.6 is 0 Å². The van der Waals surface area contributed by atoms with Crippen molar-refractivity contribution in [1.82, 2.24) is 4.90 Å². The second kappa shape index (κ2) is 7.88. The van der Waals surface area contributed by atoms with Gasteiger partial charge in [0, 0.05) is 18.7 Å². The number of halogens is 1. The molecule has 1 unspecified atom stereocenters. The van der Waals surface area contributed by atoms with Crippen LogP contribution in [-0.4, -0.2) is 23.3 Å². The monoisotopic (exact) mass is 370 g/mol. The van der Waals surface area contributed by atoms with Crippen LogP contribution in [0.2, 0.25) is 0 Å². The van der Waals surface area contributed by atoms with Crippen molar-refractivity contribution in [2.75, 3.05) is 6.54 Å². The van der Waals surface area contributed by atoms with E-state index >= 15 is 0 Å². The molecule has 2 N–H and O–H groups in total. The minimum absolute atomic E-state index is 0.0299. The highest BCUT2D eigenvalue weighted by atomic mass is 19.1. The molecule has 27 heavy (non-hydrogen) atoms. The lowest BCUT2D eigenvalue weighted by atomic mass is 9.94.